The van der Waals surface area contributed by atoms with E-state index in [4.69, 9.17) is 9.57 Å². The number of amides is 1. The smallest absolute Gasteiger partial charge is 0.280 e. The van der Waals surface area contributed by atoms with Crippen LogP contribution in [0.3, 0.4) is 0 Å². The molecule has 0 unspecified atom stereocenters. The maximum Gasteiger partial charge on any atom is 0.280 e. The molecular weight excluding hydrogens is 526 g/mol. The SMILES string of the molecule is COCCCS(=O)(=O)c1ccc(/C(=N\OC2CCCC2)C(=O)Nc2ncc(CN3CCN(C)CC3)s2)cc1. The van der Waals surface area contributed by atoms with Gasteiger partial charge in [-0.3, -0.25) is 15.0 Å². The fraction of sp³-hybridized carbons (Fsp3) is 0.577. The normalized spacial score (nSPS) is 18.1. The van der Waals surface area contributed by atoms with E-state index in [2.05, 4.69) is 32.3 Å². The first-order chi connectivity index (χ1) is 18.3. The number of benzene rings is 1. The highest BCUT2D eigenvalue weighted by Gasteiger charge is 2.22. The summed E-state index contributed by atoms with van der Waals surface area (Å²) >= 11 is 1.44. The number of nitrogens with zero attached hydrogens (tertiary/aromatic N) is 4. The van der Waals surface area contributed by atoms with Crippen molar-refractivity contribution >= 4 is 37.9 Å². The minimum atomic E-state index is -3.45. The average Bonchev–Trinajstić information content (AvgIpc) is 3.58. The summed E-state index contributed by atoms with van der Waals surface area (Å²) < 4.78 is 30.2. The number of hydrogen-bond acceptors (Lipinski definition) is 10. The zero-order valence-electron chi connectivity index (χ0n) is 22.1. The van der Waals surface area contributed by atoms with Crippen LogP contribution in [0.4, 0.5) is 5.13 Å². The Morgan fingerprint density at radius 1 is 1.16 bits per heavy atom. The Bertz CT molecular complexity index is 1180. The summed E-state index contributed by atoms with van der Waals surface area (Å²) in [4.78, 5) is 29.4. The molecule has 10 nitrogen and oxygen atoms in total. The first-order valence-corrected chi connectivity index (χ1v) is 15.5. The quantitative estimate of drug-likeness (QED) is 0.238. The number of anilines is 1. The number of oxime groups is 1. The van der Waals surface area contributed by atoms with Crippen LogP contribution in [0.2, 0.25) is 0 Å². The first-order valence-electron chi connectivity index (χ1n) is 13.1. The first kappa shape index (κ1) is 28.6. The van der Waals surface area contributed by atoms with E-state index in [0.717, 1.165) is 63.3 Å². The number of carbonyl (C=O) groups is 1. The topological polar surface area (TPSA) is 113 Å². The van der Waals surface area contributed by atoms with Crippen molar-refractivity contribution in [3.8, 4) is 0 Å². The van der Waals surface area contributed by atoms with Crippen molar-refractivity contribution in [2.24, 2.45) is 5.16 Å². The molecular formula is C26H37N5O5S2. The van der Waals surface area contributed by atoms with Crippen molar-refractivity contribution < 1.29 is 22.8 Å². The van der Waals surface area contributed by atoms with E-state index in [1.807, 2.05) is 0 Å². The number of methoxy groups -OCH3 is 1. The third kappa shape index (κ3) is 8.06. The van der Waals surface area contributed by atoms with E-state index in [0.29, 0.717) is 23.7 Å². The maximum absolute atomic E-state index is 13.3. The predicted molar refractivity (Wildman–Crippen MR) is 148 cm³/mol. The molecule has 1 saturated carbocycles. The summed E-state index contributed by atoms with van der Waals surface area (Å²) in [5.74, 6) is -0.452. The molecule has 0 spiro atoms. The molecule has 1 aromatic heterocycles. The van der Waals surface area contributed by atoms with Gasteiger partial charge in [0.05, 0.1) is 10.6 Å². The molecule has 0 bridgehead atoms. The second-order valence-corrected chi connectivity index (χ2v) is 13.0. The molecule has 2 aliphatic rings. The summed E-state index contributed by atoms with van der Waals surface area (Å²) in [6.07, 6.45) is 6.15. The van der Waals surface area contributed by atoms with Crippen LogP contribution in [0, 0.1) is 0 Å². The van der Waals surface area contributed by atoms with Crippen molar-refractivity contribution in [3.05, 3.63) is 40.9 Å². The number of likely N-dealkylation sites (N-methyl/N-ethyl adjacent to an activating group) is 1. The van der Waals surface area contributed by atoms with Gasteiger partial charge in [0.2, 0.25) is 0 Å². The number of piperazine rings is 1. The Hall–Kier alpha value is -2.38. The van der Waals surface area contributed by atoms with Crippen molar-refractivity contribution in [2.45, 2.75) is 49.6 Å². The lowest BCUT2D eigenvalue weighted by atomic mass is 10.1. The van der Waals surface area contributed by atoms with Crippen LogP contribution in [0.25, 0.3) is 0 Å². The van der Waals surface area contributed by atoms with Gasteiger partial charge in [-0.1, -0.05) is 17.3 Å². The summed E-state index contributed by atoms with van der Waals surface area (Å²) in [7, 11) is 0.222. The number of thiazole rings is 1. The Morgan fingerprint density at radius 3 is 2.55 bits per heavy atom. The van der Waals surface area contributed by atoms with Gasteiger partial charge in [0.15, 0.2) is 20.7 Å². The second-order valence-electron chi connectivity index (χ2n) is 9.81. The molecule has 2 heterocycles. The molecule has 1 aliphatic carbocycles. The number of sulfone groups is 1. The van der Waals surface area contributed by atoms with E-state index < -0.39 is 15.7 Å². The molecule has 2 aromatic rings. The van der Waals surface area contributed by atoms with Crippen molar-refractivity contribution in [3.63, 3.8) is 0 Å². The Labute approximate surface area is 228 Å². The maximum atomic E-state index is 13.3. The van der Waals surface area contributed by atoms with Crippen LogP contribution in [0.1, 0.15) is 42.5 Å². The average molecular weight is 564 g/mol. The van der Waals surface area contributed by atoms with Gasteiger partial charge in [0, 0.05) is 63.1 Å². The Kier molecular flexibility index (Phi) is 10.3. The fourth-order valence-electron chi connectivity index (χ4n) is 4.50. The highest BCUT2D eigenvalue weighted by atomic mass is 32.2. The van der Waals surface area contributed by atoms with Crippen LogP contribution < -0.4 is 5.32 Å². The van der Waals surface area contributed by atoms with Crippen molar-refractivity contribution in [1.29, 1.82) is 0 Å². The van der Waals surface area contributed by atoms with Crippen LogP contribution >= 0.6 is 11.3 Å². The molecule has 1 saturated heterocycles. The summed E-state index contributed by atoms with van der Waals surface area (Å²) in [5, 5.41) is 7.58. The number of carbonyl (C=O) groups excluding carboxylic acids is 1. The molecule has 1 aromatic carbocycles. The van der Waals surface area contributed by atoms with E-state index in [9.17, 15) is 13.2 Å². The minimum Gasteiger partial charge on any atom is -0.392 e. The van der Waals surface area contributed by atoms with E-state index >= 15 is 0 Å². The van der Waals surface area contributed by atoms with Crippen molar-refractivity contribution in [2.75, 3.05) is 58.0 Å². The minimum absolute atomic E-state index is 0.00702. The molecule has 4 rings (SSSR count). The Morgan fingerprint density at radius 2 is 1.87 bits per heavy atom. The summed E-state index contributed by atoms with van der Waals surface area (Å²) in [6, 6.07) is 6.21. The predicted octanol–water partition coefficient (Wildman–Crippen LogP) is 3.00. The van der Waals surface area contributed by atoms with Gasteiger partial charge in [-0.2, -0.15) is 0 Å². The van der Waals surface area contributed by atoms with Crippen molar-refractivity contribution in [1.82, 2.24) is 14.8 Å². The molecule has 1 amide bonds. The lowest BCUT2D eigenvalue weighted by Gasteiger charge is -2.31. The Balaban J connectivity index is 1.46. The zero-order chi connectivity index (χ0) is 27.0. The van der Waals surface area contributed by atoms with Gasteiger partial charge in [0.25, 0.3) is 5.91 Å². The molecule has 38 heavy (non-hydrogen) atoms. The lowest BCUT2D eigenvalue weighted by molar-refractivity contribution is -0.110. The zero-order valence-corrected chi connectivity index (χ0v) is 23.7. The molecule has 208 valence electrons. The van der Waals surface area contributed by atoms with Gasteiger partial charge in [-0.25, -0.2) is 13.4 Å². The number of rotatable bonds is 12. The van der Waals surface area contributed by atoms with Crippen LogP contribution in [-0.2, 0) is 30.8 Å². The monoisotopic (exact) mass is 563 g/mol. The molecule has 1 aliphatic heterocycles. The third-order valence-corrected chi connectivity index (χ3v) is 9.52. The molecule has 2 fully saturated rings. The lowest BCUT2D eigenvalue weighted by Crippen LogP contribution is -2.43. The number of aromatic nitrogens is 1. The highest BCUT2D eigenvalue weighted by Crippen LogP contribution is 2.23. The fourth-order valence-corrected chi connectivity index (χ4v) is 6.63. The van der Waals surface area contributed by atoms with Crippen LogP contribution in [0.5, 0.6) is 0 Å². The van der Waals surface area contributed by atoms with E-state index in [-0.39, 0.29) is 22.5 Å². The highest BCUT2D eigenvalue weighted by molar-refractivity contribution is 7.91. The third-order valence-electron chi connectivity index (χ3n) is 6.81. The second kappa shape index (κ2) is 13.6. The summed E-state index contributed by atoms with van der Waals surface area (Å²) in [5.41, 5.74) is 0.571. The number of hydrogen-bond donors (Lipinski definition) is 1. The van der Waals surface area contributed by atoms with Gasteiger partial charge in [0.1, 0.15) is 6.10 Å². The van der Waals surface area contributed by atoms with E-state index in [1.54, 1.807) is 25.4 Å². The summed E-state index contributed by atoms with van der Waals surface area (Å²) in [6.45, 7) is 5.26. The largest absolute Gasteiger partial charge is 0.392 e. The van der Waals surface area contributed by atoms with Crippen LogP contribution in [0.15, 0.2) is 40.5 Å². The number of nitrogens with one attached hydrogen (secondary N) is 1. The van der Waals surface area contributed by atoms with Crippen LogP contribution in [-0.4, -0.2) is 93.6 Å². The molecule has 0 radical (unpaired) electrons. The van der Waals surface area contributed by atoms with Gasteiger partial charge < -0.3 is 14.5 Å². The number of ether oxygens (including phenoxy) is 1. The standard InChI is InChI=1S/C26H37N5O5S2/c1-30-12-14-31(15-13-30)19-22-18-27-26(37-22)28-25(32)24(29-36-21-6-3-4-7-21)20-8-10-23(11-9-20)38(33,34)17-5-16-35-2/h8-11,18,21H,3-7,12-17,19H2,1-2H3,(H,27,28,32)/b29-24+. The van der Waals surface area contributed by atoms with Gasteiger partial charge in [-0.15, -0.1) is 11.3 Å². The molecule has 12 heteroatoms. The van der Waals surface area contributed by atoms with Gasteiger partial charge >= 0.3 is 0 Å². The van der Waals surface area contributed by atoms with Gasteiger partial charge in [-0.05, 0) is 51.3 Å². The molecule has 1 N–H and O–H groups in total. The van der Waals surface area contributed by atoms with E-state index in [1.165, 1.54) is 23.5 Å². The molecule has 0 atom stereocenters.